The standard InChI is InChI=1S/C26H22ClF3N4O3S/c1-14-8-15(27)9-20(23(14)37-17-3-2-16(31)10-17)19-4-6-32-21-11-18(38-24(19)21)12-34-22(35)5-7-33(25(34)36)13-26(28,29)30/h2-9,11,16-17H,10,12-13,31H2,1H3/t16-,17-/m1/s1. The molecule has 0 saturated carbocycles. The van der Waals surface area contributed by atoms with Crippen molar-refractivity contribution in [1.82, 2.24) is 14.1 Å². The molecular weight excluding hydrogens is 541 g/mol. The van der Waals surface area contributed by atoms with Crippen LogP contribution in [-0.2, 0) is 13.1 Å². The Bertz CT molecular complexity index is 1680. The summed E-state index contributed by atoms with van der Waals surface area (Å²) in [6.07, 6.45) is 2.17. The van der Waals surface area contributed by atoms with Gasteiger partial charge in [-0.2, -0.15) is 13.2 Å². The molecule has 7 nitrogen and oxygen atoms in total. The van der Waals surface area contributed by atoms with Crippen molar-refractivity contribution in [2.24, 2.45) is 5.73 Å². The summed E-state index contributed by atoms with van der Waals surface area (Å²) in [7, 11) is 0. The zero-order valence-electron chi connectivity index (χ0n) is 20.0. The number of rotatable bonds is 6. The molecule has 0 fully saturated rings. The van der Waals surface area contributed by atoms with Crippen molar-refractivity contribution >= 4 is 33.2 Å². The molecule has 5 rings (SSSR count). The molecule has 0 aliphatic heterocycles. The number of nitrogens with two attached hydrogens (primary N) is 1. The molecule has 2 N–H and O–H groups in total. The average molecular weight is 563 g/mol. The van der Waals surface area contributed by atoms with Gasteiger partial charge in [0, 0.05) is 51.9 Å². The maximum absolute atomic E-state index is 12.9. The van der Waals surface area contributed by atoms with E-state index in [1.54, 1.807) is 18.3 Å². The fourth-order valence-electron chi connectivity index (χ4n) is 4.47. The van der Waals surface area contributed by atoms with Gasteiger partial charge in [0.1, 0.15) is 18.4 Å². The number of alkyl halides is 3. The molecule has 0 unspecified atom stereocenters. The molecule has 0 bridgehead atoms. The summed E-state index contributed by atoms with van der Waals surface area (Å²) in [6.45, 7) is 0.219. The van der Waals surface area contributed by atoms with Crippen LogP contribution in [-0.4, -0.2) is 32.4 Å². The Balaban J connectivity index is 1.56. The van der Waals surface area contributed by atoms with Crippen LogP contribution in [0, 0.1) is 6.92 Å². The van der Waals surface area contributed by atoms with E-state index < -0.39 is 24.0 Å². The third kappa shape index (κ3) is 5.40. The molecular formula is C26H22ClF3N4O3S. The Labute approximate surface area is 223 Å². The molecule has 198 valence electrons. The Morgan fingerprint density at radius 2 is 1.97 bits per heavy atom. The monoisotopic (exact) mass is 562 g/mol. The number of thiophene rings is 1. The Kier molecular flexibility index (Phi) is 6.93. The summed E-state index contributed by atoms with van der Waals surface area (Å²) < 4.78 is 47.0. The maximum atomic E-state index is 12.9. The van der Waals surface area contributed by atoms with Gasteiger partial charge in [-0.05, 0) is 42.8 Å². The second kappa shape index (κ2) is 10.0. The third-order valence-electron chi connectivity index (χ3n) is 6.14. The molecule has 38 heavy (non-hydrogen) atoms. The van der Waals surface area contributed by atoms with Crippen molar-refractivity contribution in [1.29, 1.82) is 0 Å². The Hall–Kier alpha value is -3.41. The summed E-state index contributed by atoms with van der Waals surface area (Å²) >= 11 is 7.70. The number of aromatic nitrogens is 3. The molecule has 0 radical (unpaired) electrons. The molecule has 1 aliphatic carbocycles. The molecule has 1 aliphatic rings. The van der Waals surface area contributed by atoms with E-state index in [0.717, 1.165) is 38.2 Å². The number of nitrogens with zero attached hydrogens (tertiary/aromatic N) is 3. The number of pyridine rings is 1. The smallest absolute Gasteiger partial charge is 0.406 e. The predicted molar refractivity (Wildman–Crippen MR) is 141 cm³/mol. The SMILES string of the molecule is Cc1cc(Cl)cc(-c2ccnc3cc(Cn4c(=O)ccn(CC(F)(F)F)c4=O)sc23)c1O[C@@H]1C=C[C@@H](N)C1. The molecule has 4 aromatic rings. The summed E-state index contributed by atoms with van der Waals surface area (Å²) in [6, 6.07) is 8.02. The van der Waals surface area contributed by atoms with Gasteiger partial charge in [0.05, 0.1) is 16.8 Å². The lowest BCUT2D eigenvalue weighted by molar-refractivity contribution is -0.141. The number of ether oxygens (including phenoxy) is 1. The molecule has 3 heterocycles. The molecule has 0 amide bonds. The number of benzene rings is 1. The normalized spacial score (nSPS) is 17.4. The fourth-order valence-corrected chi connectivity index (χ4v) is 5.87. The summed E-state index contributed by atoms with van der Waals surface area (Å²) in [4.78, 5) is 30.0. The van der Waals surface area contributed by atoms with Crippen LogP contribution in [0.4, 0.5) is 13.2 Å². The Morgan fingerprint density at radius 3 is 2.68 bits per heavy atom. The second-order valence-corrected chi connectivity index (χ2v) is 10.7. The molecule has 12 heteroatoms. The first-order chi connectivity index (χ1) is 18.0. The number of hydrogen-bond donors (Lipinski definition) is 1. The lowest BCUT2D eigenvalue weighted by Gasteiger charge is -2.19. The highest BCUT2D eigenvalue weighted by atomic mass is 35.5. The van der Waals surface area contributed by atoms with E-state index in [4.69, 9.17) is 22.1 Å². The Morgan fingerprint density at radius 1 is 1.18 bits per heavy atom. The first-order valence-corrected chi connectivity index (χ1v) is 12.8. The second-order valence-electron chi connectivity index (χ2n) is 9.09. The quantitative estimate of drug-likeness (QED) is 0.338. The molecule has 0 saturated heterocycles. The van der Waals surface area contributed by atoms with Crippen molar-refractivity contribution in [2.45, 2.75) is 44.8 Å². The predicted octanol–water partition coefficient (Wildman–Crippen LogP) is 4.89. The largest absolute Gasteiger partial charge is 0.485 e. The lowest BCUT2D eigenvalue weighted by atomic mass is 10.0. The lowest BCUT2D eigenvalue weighted by Crippen LogP contribution is -2.41. The minimum Gasteiger partial charge on any atom is -0.485 e. The van der Waals surface area contributed by atoms with Crippen LogP contribution in [0.25, 0.3) is 21.3 Å². The highest BCUT2D eigenvalue weighted by molar-refractivity contribution is 7.19. The van der Waals surface area contributed by atoms with Gasteiger partial charge < -0.3 is 10.5 Å². The number of hydrogen-bond acceptors (Lipinski definition) is 6. The van der Waals surface area contributed by atoms with Crippen LogP contribution in [0.3, 0.4) is 0 Å². The van der Waals surface area contributed by atoms with Gasteiger partial charge >= 0.3 is 11.9 Å². The topological polar surface area (TPSA) is 92.1 Å². The van der Waals surface area contributed by atoms with E-state index in [0.29, 0.717) is 32.2 Å². The first-order valence-electron chi connectivity index (χ1n) is 11.6. The minimum absolute atomic E-state index is 0.0781. The van der Waals surface area contributed by atoms with E-state index in [9.17, 15) is 22.8 Å². The average Bonchev–Trinajstić information content (AvgIpc) is 3.44. The zero-order valence-corrected chi connectivity index (χ0v) is 21.6. The van der Waals surface area contributed by atoms with Gasteiger partial charge in [-0.25, -0.2) is 4.79 Å². The van der Waals surface area contributed by atoms with E-state index >= 15 is 0 Å². The van der Waals surface area contributed by atoms with E-state index in [1.165, 1.54) is 11.3 Å². The number of fused-ring (bicyclic) bond motifs is 1. The maximum Gasteiger partial charge on any atom is 0.406 e. The molecule has 1 aromatic carbocycles. The van der Waals surface area contributed by atoms with Crippen molar-refractivity contribution in [2.75, 3.05) is 0 Å². The third-order valence-corrected chi connectivity index (χ3v) is 7.50. The highest BCUT2D eigenvalue weighted by Gasteiger charge is 2.29. The van der Waals surface area contributed by atoms with Crippen LogP contribution in [0.2, 0.25) is 5.02 Å². The molecule has 0 spiro atoms. The van der Waals surface area contributed by atoms with Crippen LogP contribution in [0.1, 0.15) is 16.9 Å². The van der Waals surface area contributed by atoms with E-state index in [1.807, 2.05) is 31.2 Å². The minimum atomic E-state index is -4.60. The van der Waals surface area contributed by atoms with Gasteiger partial charge in [0.15, 0.2) is 0 Å². The summed E-state index contributed by atoms with van der Waals surface area (Å²) in [5.41, 5.74) is 7.24. The van der Waals surface area contributed by atoms with Gasteiger partial charge in [0.2, 0.25) is 0 Å². The highest BCUT2D eigenvalue weighted by Crippen LogP contribution is 2.42. The molecule has 3 aromatic heterocycles. The van der Waals surface area contributed by atoms with Crippen LogP contribution in [0.5, 0.6) is 5.75 Å². The van der Waals surface area contributed by atoms with Crippen LogP contribution >= 0.6 is 22.9 Å². The number of aryl methyl sites for hydroxylation is 1. The van der Waals surface area contributed by atoms with Gasteiger partial charge in [-0.3, -0.25) is 18.9 Å². The fraction of sp³-hybridized carbons (Fsp3) is 0.269. The van der Waals surface area contributed by atoms with Crippen molar-refractivity contribution in [3.8, 4) is 16.9 Å². The van der Waals surface area contributed by atoms with Crippen molar-refractivity contribution in [3.63, 3.8) is 0 Å². The first kappa shape index (κ1) is 26.2. The van der Waals surface area contributed by atoms with Crippen LogP contribution < -0.4 is 21.7 Å². The van der Waals surface area contributed by atoms with Crippen LogP contribution in [0.15, 0.2) is 64.5 Å². The van der Waals surface area contributed by atoms with E-state index in [-0.39, 0.29) is 18.7 Å². The summed E-state index contributed by atoms with van der Waals surface area (Å²) in [5.74, 6) is 0.648. The summed E-state index contributed by atoms with van der Waals surface area (Å²) in [5, 5.41) is 0.520. The van der Waals surface area contributed by atoms with Crippen molar-refractivity contribution < 1.29 is 17.9 Å². The molecule has 2 atom stereocenters. The number of halogens is 4. The van der Waals surface area contributed by atoms with E-state index in [2.05, 4.69) is 4.98 Å². The van der Waals surface area contributed by atoms with Crippen molar-refractivity contribution in [3.05, 3.63) is 91.2 Å². The van der Waals surface area contributed by atoms with Gasteiger partial charge in [-0.15, -0.1) is 11.3 Å². The van der Waals surface area contributed by atoms with Gasteiger partial charge in [-0.1, -0.05) is 17.7 Å². The van der Waals surface area contributed by atoms with Gasteiger partial charge in [0.25, 0.3) is 5.56 Å². The zero-order chi connectivity index (χ0) is 27.2.